The lowest BCUT2D eigenvalue weighted by molar-refractivity contribution is 0.316. The van der Waals surface area contributed by atoms with Crippen molar-refractivity contribution in [2.75, 3.05) is 13.7 Å². The summed E-state index contributed by atoms with van der Waals surface area (Å²) in [6.45, 7) is 1.67. The van der Waals surface area contributed by atoms with Crippen LogP contribution in [0.5, 0.6) is 5.88 Å². The molecule has 1 aromatic heterocycles. The van der Waals surface area contributed by atoms with Gasteiger partial charge in [-0.3, -0.25) is 0 Å². The number of hydrogen-bond acceptors (Lipinski definition) is 5. The number of nitrogens with zero attached hydrogens (tertiary/aromatic N) is 2. The maximum Gasteiger partial charge on any atom is 0.213 e. The van der Waals surface area contributed by atoms with Crippen molar-refractivity contribution in [3.63, 3.8) is 0 Å². The van der Waals surface area contributed by atoms with Gasteiger partial charge in [-0.2, -0.15) is 0 Å². The van der Waals surface area contributed by atoms with Crippen molar-refractivity contribution < 1.29 is 9.94 Å². The summed E-state index contributed by atoms with van der Waals surface area (Å²) in [5.74, 6) is 0.912. The van der Waals surface area contributed by atoms with Crippen molar-refractivity contribution in [1.82, 2.24) is 10.3 Å². The summed E-state index contributed by atoms with van der Waals surface area (Å²) in [6.07, 6.45) is 4.25. The largest absolute Gasteiger partial charge is 0.481 e. The molecule has 0 aromatic carbocycles. The van der Waals surface area contributed by atoms with E-state index >= 15 is 0 Å². The monoisotopic (exact) mass is 252 g/mol. The van der Waals surface area contributed by atoms with Crippen LogP contribution in [-0.4, -0.2) is 29.7 Å². The molecule has 0 spiro atoms. The van der Waals surface area contributed by atoms with Crippen LogP contribution in [-0.2, 0) is 6.54 Å². The van der Waals surface area contributed by atoms with Crippen molar-refractivity contribution in [1.29, 1.82) is 0 Å². The van der Waals surface area contributed by atoms with Gasteiger partial charge in [0.05, 0.1) is 7.11 Å². The molecule has 0 bridgehead atoms. The first kappa shape index (κ1) is 14.2. The van der Waals surface area contributed by atoms with Gasteiger partial charge in [0.25, 0.3) is 0 Å². The molecule has 0 amide bonds. The maximum atomic E-state index is 8.37. The predicted molar refractivity (Wildman–Crippen MR) is 69.8 cm³/mol. The first-order valence-electron chi connectivity index (χ1n) is 5.92. The summed E-state index contributed by atoms with van der Waals surface area (Å²) in [5.41, 5.74) is 6.51. The van der Waals surface area contributed by atoms with Gasteiger partial charge in [0.15, 0.2) is 0 Å². The van der Waals surface area contributed by atoms with Gasteiger partial charge in [-0.25, -0.2) is 4.98 Å². The summed E-state index contributed by atoms with van der Waals surface area (Å²) in [6, 6.07) is 3.86. The molecule has 100 valence electrons. The van der Waals surface area contributed by atoms with Gasteiger partial charge in [-0.1, -0.05) is 5.16 Å². The highest BCUT2D eigenvalue weighted by molar-refractivity contribution is 5.79. The number of amidine groups is 1. The molecule has 0 aliphatic heterocycles. The normalized spacial score (nSPS) is 11.5. The highest BCUT2D eigenvalue weighted by Gasteiger charge is 1.97. The molecule has 6 heteroatoms. The molecule has 0 aliphatic carbocycles. The highest BCUT2D eigenvalue weighted by atomic mass is 16.5. The van der Waals surface area contributed by atoms with Crippen molar-refractivity contribution in [3.8, 4) is 5.88 Å². The third kappa shape index (κ3) is 5.49. The van der Waals surface area contributed by atoms with E-state index in [1.54, 1.807) is 13.3 Å². The Balaban J connectivity index is 2.14. The van der Waals surface area contributed by atoms with Crippen LogP contribution in [0.15, 0.2) is 23.5 Å². The summed E-state index contributed by atoms with van der Waals surface area (Å²) in [4.78, 5) is 4.04. The molecule has 0 unspecified atom stereocenters. The van der Waals surface area contributed by atoms with Gasteiger partial charge < -0.3 is 21.0 Å². The van der Waals surface area contributed by atoms with Gasteiger partial charge in [-0.15, -0.1) is 0 Å². The Labute approximate surface area is 107 Å². The zero-order chi connectivity index (χ0) is 13.2. The fourth-order valence-corrected chi connectivity index (χ4v) is 1.51. The SMILES string of the molecule is COc1cc(CNCCCCC(N)=NO)ccn1. The second-order valence-electron chi connectivity index (χ2n) is 3.93. The first-order chi connectivity index (χ1) is 8.76. The lowest BCUT2D eigenvalue weighted by Gasteiger charge is -2.06. The number of nitrogens with two attached hydrogens (primary N) is 1. The fourth-order valence-electron chi connectivity index (χ4n) is 1.51. The molecular weight excluding hydrogens is 232 g/mol. The van der Waals surface area contributed by atoms with E-state index in [9.17, 15) is 0 Å². The highest BCUT2D eigenvalue weighted by Crippen LogP contribution is 2.07. The minimum atomic E-state index is 0.286. The van der Waals surface area contributed by atoms with Crippen molar-refractivity contribution in [2.45, 2.75) is 25.8 Å². The third-order valence-corrected chi connectivity index (χ3v) is 2.50. The Bertz CT molecular complexity index is 382. The van der Waals surface area contributed by atoms with Gasteiger partial charge in [0.1, 0.15) is 5.84 Å². The van der Waals surface area contributed by atoms with Crippen LogP contribution in [0.2, 0.25) is 0 Å². The number of rotatable bonds is 8. The van der Waals surface area contributed by atoms with Gasteiger partial charge in [0.2, 0.25) is 5.88 Å². The van der Waals surface area contributed by atoms with Crippen molar-refractivity contribution >= 4 is 5.84 Å². The average molecular weight is 252 g/mol. The van der Waals surface area contributed by atoms with E-state index in [2.05, 4.69) is 15.5 Å². The number of aromatic nitrogens is 1. The zero-order valence-electron chi connectivity index (χ0n) is 10.6. The van der Waals surface area contributed by atoms with Crippen LogP contribution < -0.4 is 15.8 Å². The van der Waals surface area contributed by atoms with Crippen LogP contribution in [0.1, 0.15) is 24.8 Å². The number of unbranched alkanes of at least 4 members (excludes halogenated alkanes) is 1. The standard InChI is InChI=1S/C12H20N4O2/c1-18-12-8-10(5-7-15-12)9-14-6-3-2-4-11(13)16-17/h5,7-8,14,17H,2-4,6,9H2,1H3,(H2,13,16). The van der Waals surface area contributed by atoms with Crippen LogP contribution >= 0.6 is 0 Å². The Morgan fingerprint density at radius 1 is 1.56 bits per heavy atom. The molecule has 0 radical (unpaired) electrons. The molecule has 6 nitrogen and oxygen atoms in total. The molecule has 18 heavy (non-hydrogen) atoms. The van der Waals surface area contributed by atoms with E-state index in [1.807, 2.05) is 12.1 Å². The van der Waals surface area contributed by atoms with Crippen molar-refractivity contribution in [3.05, 3.63) is 23.9 Å². The number of hydrogen-bond donors (Lipinski definition) is 3. The van der Waals surface area contributed by atoms with Crippen LogP contribution in [0.25, 0.3) is 0 Å². The van der Waals surface area contributed by atoms with Gasteiger partial charge in [0, 0.05) is 25.2 Å². The molecule has 1 heterocycles. The molecular formula is C12H20N4O2. The Hall–Kier alpha value is -1.82. The summed E-state index contributed by atoms with van der Waals surface area (Å²) < 4.78 is 5.05. The third-order valence-electron chi connectivity index (χ3n) is 2.50. The minimum Gasteiger partial charge on any atom is -0.481 e. The van der Waals surface area contributed by atoms with Crippen LogP contribution in [0.3, 0.4) is 0 Å². The number of nitrogens with one attached hydrogen (secondary N) is 1. The van der Waals surface area contributed by atoms with Crippen LogP contribution in [0.4, 0.5) is 0 Å². The average Bonchev–Trinajstić information content (AvgIpc) is 2.42. The second-order valence-corrected chi connectivity index (χ2v) is 3.93. The van der Waals surface area contributed by atoms with E-state index in [1.165, 1.54) is 0 Å². The number of methoxy groups -OCH3 is 1. The van der Waals surface area contributed by atoms with E-state index in [4.69, 9.17) is 15.7 Å². The zero-order valence-corrected chi connectivity index (χ0v) is 10.6. The molecule has 0 saturated carbocycles. The first-order valence-corrected chi connectivity index (χ1v) is 5.92. The molecule has 4 N–H and O–H groups in total. The lowest BCUT2D eigenvalue weighted by Crippen LogP contribution is -2.16. The molecule has 0 atom stereocenters. The predicted octanol–water partition coefficient (Wildman–Crippen LogP) is 1.10. The Morgan fingerprint density at radius 3 is 3.11 bits per heavy atom. The van der Waals surface area contributed by atoms with E-state index in [0.717, 1.165) is 31.5 Å². The molecule has 0 aliphatic rings. The number of ether oxygens (including phenoxy) is 1. The summed E-state index contributed by atoms with van der Waals surface area (Å²) >= 11 is 0. The van der Waals surface area contributed by atoms with E-state index < -0.39 is 0 Å². The summed E-state index contributed by atoms with van der Waals surface area (Å²) in [5, 5.41) is 14.6. The minimum absolute atomic E-state index is 0.286. The number of oxime groups is 1. The van der Waals surface area contributed by atoms with Crippen LogP contribution in [0, 0.1) is 0 Å². The van der Waals surface area contributed by atoms with Gasteiger partial charge >= 0.3 is 0 Å². The fraction of sp³-hybridized carbons (Fsp3) is 0.500. The Kier molecular flexibility index (Phi) is 6.56. The Morgan fingerprint density at radius 2 is 2.39 bits per heavy atom. The molecule has 0 saturated heterocycles. The van der Waals surface area contributed by atoms with Gasteiger partial charge in [-0.05, 0) is 31.0 Å². The molecule has 1 rings (SSSR count). The number of pyridine rings is 1. The van der Waals surface area contributed by atoms with Crippen molar-refractivity contribution in [2.24, 2.45) is 10.9 Å². The molecule has 1 aromatic rings. The topological polar surface area (TPSA) is 92.8 Å². The van der Waals surface area contributed by atoms with E-state index in [0.29, 0.717) is 12.3 Å². The summed E-state index contributed by atoms with van der Waals surface area (Å²) in [7, 11) is 1.60. The maximum absolute atomic E-state index is 8.37. The lowest BCUT2D eigenvalue weighted by atomic mass is 10.2. The van der Waals surface area contributed by atoms with E-state index in [-0.39, 0.29) is 5.84 Å². The second kappa shape index (κ2) is 8.30. The molecule has 0 fully saturated rings. The smallest absolute Gasteiger partial charge is 0.213 e. The quantitative estimate of drug-likeness (QED) is 0.212.